The van der Waals surface area contributed by atoms with Crippen molar-refractivity contribution >= 4 is 45.9 Å². The van der Waals surface area contributed by atoms with Crippen molar-refractivity contribution in [1.29, 1.82) is 0 Å². The van der Waals surface area contributed by atoms with Gasteiger partial charge in [0.25, 0.3) is 0 Å². The molecule has 128 valence electrons. The number of aromatic amines is 1. The number of anilines is 1. The zero-order valence-corrected chi connectivity index (χ0v) is 16.8. The third-order valence-corrected chi connectivity index (χ3v) is 5.08. The Labute approximate surface area is 164 Å². The van der Waals surface area contributed by atoms with E-state index in [1.807, 2.05) is 44.2 Å². The van der Waals surface area contributed by atoms with E-state index in [0.717, 1.165) is 25.9 Å². The highest BCUT2D eigenvalue weighted by molar-refractivity contribution is 14.1. The maximum atomic E-state index is 12.3. The van der Waals surface area contributed by atoms with Gasteiger partial charge < -0.3 is 5.32 Å². The summed E-state index contributed by atoms with van der Waals surface area (Å²) in [4.78, 5) is 16.7. The van der Waals surface area contributed by atoms with Crippen LogP contribution in [0.5, 0.6) is 0 Å². The lowest BCUT2D eigenvalue weighted by Gasteiger charge is -2.11. The molecule has 0 fully saturated rings. The molecule has 0 aliphatic heterocycles. The maximum Gasteiger partial charge on any atom is 0.234 e. The molecular weight excluding hydrogens is 447 g/mol. The normalized spacial score (nSPS) is 10.7. The predicted molar refractivity (Wildman–Crippen MR) is 110 cm³/mol. The molecule has 0 bridgehead atoms. The SMILES string of the molecule is Cc1cc(I)cc(C)c1NC(=O)CSc1n[nH]c(-c2ccccc2)n1. The number of nitrogens with zero attached hydrogens (tertiary/aromatic N) is 2. The summed E-state index contributed by atoms with van der Waals surface area (Å²) in [5, 5.41) is 10.6. The van der Waals surface area contributed by atoms with E-state index in [1.165, 1.54) is 11.8 Å². The predicted octanol–water partition coefficient (Wildman–Crippen LogP) is 4.42. The number of hydrogen-bond donors (Lipinski definition) is 2. The first kappa shape index (κ1) is 17.9. The minimum atomic E-state index is -0.0662. The largest absolute Gasteiger partial charge is 0.325 e. The number of halogens is 1. The molecule has 0 unspecified atom stereocenters. The number of amides is 1. The molecule has 1 amide bonds. The third-order valence-electron chi connectivity index (χ3n) is 3.61. The monoisotopic (exact) mass is 464 g/mol. The summed E-state index contributed by atoms with van der Waals surface area (Å²) in [6, 6.07) is 13.9. The first-order chi connectivity index (χ1) is 12.0. The van der Waals surface area contributed by atoms with Gasteiger partial charge in [0, 0.05) is 14.8 Å². The Kier molecular flexibility index (Phi) is 5.74. The molecule has 0 radical (unpaired) electrons. The van der Waals surface area contributed by atoms with Gasteiger partial charge in [0.05, 0.1) is 5.75 Å². The third kappa shape index (κ3) is 4.60. The van der Waals surface area contributed by atoms with Gasteiger partial charge in [-0.2, -0.15) is 0 Å². The summed E-state index contributed by atoms with van der Waals surface area (Å²) in [5.74, 6) is 0.896. The zero-order valence-electron chi connectivity index (χ0n) is 13.8. The summed E-state index contributed by atoms with van der Waals surface area (Å²) >= 11 is 3.59. The number of benzene rings is 2. The Hall–Kier alpha value is -1.87. The molecule has 0 spiro atoms. The van der Waals surface area contributed by atoms with Crippen LogP contribution in [0.4, 0.5) is 5.69 Å². The van der Waals surface area contributed by atoms with E-state index in [1.54, 1.807) is 0 Å². The molecule has 7 heteroatoms. The molecule has 0 atom stereocenters. The van der Waals surface area contributed by atoms with Crippen LogP contribution in [0.25, 0.3) is 11.4 Å². The van der Waals surface area contributed by atoms with Gasteiger partial charge in [0.15, 0.2) is 5.82 Å². The van der Waals surface area contributed by atoms with Crippen LogP contribution >= 0.6 is 34.4 Å². The molecule has 2 aromatic carbocycles. The van der Waals surface area contributed by atoms with Crippen LogP contribution in [0.15, 0.2) is 47.6 Å². The van der Waals surface area contributed by atoms with Crippen molar-refractivity contribution < 1.29 is 4.79 Å². The summed E-state index contributed by atoms with van der Waals surface area (Å²) in [5.41, 5.74) is 3.97. The van der Waals surface area contributed by atoms with Gasteiger partial charge >= 0.3 is 0 Å². The number of thioether (sulfide) groups is 1. The standard InChI is InChI=1S/C18H17IN4OS/c1-11-8-14(19)9-12(2)16(11)20-15(24)10-25-18-21-17(22-23-18)13-6-4-3-5-7-13/h3-9H,10H2,1-2H3,(H,20,24)(H,21,22,23). The molecule has 1 aromatic heterocycles. The second kappa shape index (κ2) is 8.01. The number of carbonyl (C=O) groups excluding carboxylic acids is 1. The van der Waals surface area contributed by atoms with Crippen LogP contribution in [0.1, 0.15) is 11.1 Å². The van der Waals surface area contributed by atoms with Crippen LogP contribution < -0.4 is 5.32 Å². The van der Waals surface area contributed by atoms with Gasteiger partial charge in [-0.3, -0.25) is 9.89 Å². The van der Waals surface area contributed by atoms with Crippen LogP contribution in [0.2, 0.25) is 0 Å². The fourth-order valence-electron chi connectivity index (χ4n) is 2.45. The van der Waals surface area contributed by atoms with Gasteiger partial charge in [-0.15, -0.1) is 5.10 Å². The molecule has 5 nitrogen and oxygen atoms in total. The average molecular weight is 464 g/mol. The topological polar surface area (TPSA) is 70.7 Å². The van der Waals surface area contributed by atoms with E-state index in [2.05, 4.69) is 55.2 Å². The van der Waals surface area contributed by atoms with Crippen LogP contribution in [-0.2, 0) is 4.79 Å². The quantitative estimate of drug-likeness (QED) is 0.433. The molecule has 25 heavy (non-hydrogen) atoms. The Morgan fingerprint density at radius 2 is 1.88 bits per heavy atom. The smallest absolute Gasteiger partial charge is 0.234 e. The van der Waals surface area contributed by atoms with Crippen molar-refractivity contribution in [1.82, 2.24) is 15.2 Å². The molecule has 0 saturated carbocycles. The lowest BCUT2D eigenvalue weighted by atomic mass is 10.1. The van der Waals surface area contributed by atoms with Crippen LogP contribution in [0, 0.1) is 17.4 Å². The van der Waals surface area contributed by atoms with Crippen molar-refractivity contribution in [3.63, 3.8) is 0 Å². The van der Waals surface area contributed by atoms with Crippen molar-refractivity contribution in [2.45, 2.75) is 19.0 Å². The van der Waals surface area contributed by atoms with Gasteiger partial charge in [-0.05, 0) is 59.7 Å². The molecule has 2 N–H and O–H groups in total. The fraction of sp³-hybridized carbons (Fsp3) is 0.167. The number of aryl methyl sites for hydroxylation is 2. The molecular formula is C18H17IN4OS. The number of carbonyl (C=O) groups is 1. The van der Waals surface area contributed by atoms with Crippen molar-refractivity contribution in [2.75, 3.05) is 11.1 Å². The maximum absolute atomic E-state index is 12.3. The molecule has 3 aromatic rings. The van der Waals surface area contributed by atoms with E-state index in [0.29, 0.717) is 11.0 Å². The van der Waals surface area contributed by atoms with Crippen molar-refractivity contribution in [2.24, 2.45) is 0 Å². The van der Waals surface area contributed by atoms with E-state index in [-0.39, 0.29) is 11.7 Å². The first-order valence-electron chi connectivity index (χ1n) is 7.70. The van der Waals surface area contributed by atoms with Crippen LogP contribution in [-0.4, -0.2) is 26.8 Å². The zero-order chi connectivity index (χ0) is 17.8. The second-order valence-corrected chi connectivity index (χ2v) is 7.77. The molecule has 0 aliphatic carbocycles. The average Bonchev–Trinajstić information content (AvgIpc) is 3.06. The van der Waals surface area contributed by atoms with E-state index in [9.17, 15) is 4.79 Å². The number of aromatic nitrogens is 3. The van der Waals surface area contributed by atoms with E-state index < -0.39 is 0 Å². The molecule has 0 aliphatic rings. The minimum Gasteiger partial charge on any atom is -0.325 e. The molecule has 0 saturated heterocycles. The lowest BCUT2D eigenvalue weighted by Crippen LogP contribution is -2.16. The molecule has 1 heterocycles. The second-order valence-electron chi connectivity index (χ2n) is 5.58. The van der Waals surface area contributed by atoms with Gasteiger partial charge in [0.1, 0.15) is 0 Å². The fourth-order valence-corrected chi connectivity index (χ4v) is 3.98. The van der Waals surface area contributed by atoms with Crippen LogP contribution in [0.3, 0.4) is 0 Å². The van der Waals surface area contributed by atoms with E-state index in [4.69, 9.17) is 0 Å². The highest BCUT2D eigenvalue weighted by Gasteiger charge is 2.11. The Morgan fingerprint density at radius 1 is 1.20 bits per heavy atom. The number of H-pyrrole nitrogens is 1. The van der Waals surface area contributed by atoms with Crippen molar-refractivity contribution in [3.8, 4) is 11.4 Å². The Bertz CT molecular complexity index is 872. The number of hydrogen-bond acceptors (Lipinski definition) is 4. The van der Waals surface area contributed by atoms with Gasteiger partial charge in [-0.25, -0.2) is 4.98 Å². The van der Waals surface area contributed by atoms with Gasteiger partial charge in [-0.1, -0.05) is 42.1 Å². The summed E-state index contributed by atoms with van der Waals surface area (Å²) in [7, 11) is 0. The highest BCUT2D eigenvalue weighted by atomic mass is 127. The number of rotatable bonds is 5. The summed E-state index contributed by atoms with van der Waals surface area (Å²) in [6.45, 7) is 4.00. The number of nitrogens with one attached hydrogen (secondary N) is 2. The molecule has 3 rings (SSSR count). The van der Waals surface area contributed by atoms with Crippen molar-refractivity contribution in [3.05, 3.63) is 57.2 Å². The Balaban J connectivity index is 1.61. The minimum absolute atomic E-state index is 0.0662. The summed E-state index contributed by atoms with van der Waals surface area (Å²) < 4.78 is 1.16. The summed E-state index contributed by atoms with van der Waals surface area (Å²) in [6.07, 6.45) is 0. The lowest BCUT2D eigenvalue weighted by molar-refractivity contribution is -0.113. The Morgan fingerprint density at radius 3 is 2.56 bits per heavy atom. The highest BCUT2D eigenvalue weighted by Crippen LogP contribution is 2.24. The van der Waals surface area contributed by atoms with Gasteiger partial charge in [0.2, 0.25) is 11.1 Å². The first-order valence-corrected chi connectivity index (χ1v) is 9.76. The van der Waals surface area contributed by atoms with E-state index >= 15 is 0 Å².